The lowest BCUT2D eigenvalue weighted by molar-refractivity contribution is 0.0960. The summed E-state index contributed by atoms with van der Waals surface area (Å²) in [5.74, 6) is -0.0501. The van der Waals surface area contributed by atoms with Crippen molar-refractivity contribution in [1.82, 2.24) is 24.8 Å². The number of carbonyl (C=O) groups is 1. The van der Waals surface area contributed by atoms with E-state index in [1.165, 1.54) is 4.57 Å². The molecule has 0 radical (unpaired) electrons. The van der Waals surface area contributed by atoms with Crippen LogP contribution in [0.1, 0.15) is 34.2 Å². The molecule has 4 rings (SSSR count). The Labute approximate surface area is 179 Å². The van der Waals surface area contributed by atoms with E-state index >= 15 is 0 Å². The van der Waals surface area contributed by atoms with Gasteiger partial charge in [0.25, 0.3) is 11.5 Å². The number of aryl methyl sites for hydroxylation is 1. The first-order chi connectivity index (χ1) is 15.0. The summed E-state index contributed by atoms with van der Waals surface area (Å²) in [6.07, 6.45) is 0. The lowest BCUT2D eigenvalue weighted by Gasteiger charge is -2.14. The number of para-hydroxylation sites is 1. The molecule has 0 saturated heterocycles. The summed E-state index contributed by atoms with van der Waals surface area (Å²) in [6, 6.07) is 17.1. The fourth-order valence-corrected chi connectivity index (χ4v) is 3.67. The van der Waals surface area contributed by atoms with Crippen LogP contribution in [0.5, 0.6) is 0 Å². The number of hydrogen-bond donors (Lipinski definition) is 2. The molecule has 0 spiro atoms. The highest BCUT2D eigenvalue weighted by molar-refractivity contribution is 5.97. The fraction of sp³-hybridized carbons (Fsp3) is 0.217. The Hall–Kier alpha value is -3.94. The van der Waals surface area contributed by atoms with Gasteiger partial charge in [0.15, 0.2) is 0 Å². The number of nitrogens with one attached hydrogen (secondary N) is 2. The Morgan fingerprint density at radius 3 is 2.48 bits per heavy atom. The second-order valence-electron chi connectivity index (χ2n) is 7.27. The second-order valence-corrected chi connectivity index (χ2v) is 7.27. The SMILES string of the molecule is CCn1c(NNC(=O)c2c(C)nn(Cc3ccccc3)c2C)nc2ccccc2c1=O. The van der Waals surface area contributed by atoms with Crippen molar-refractivity contribution in [2.45, 2.75) is 33.9 Å². The van der Waals surface area contributed by atoms with Crippen LogP contribution in [0, 0.1) is 13.8 Å². The van der Waals surface area contributed by atoms with Crippen molar-refractivity contribution >= 4 is 22.8 Å². The lowest BCUT2D eigenvalue weighted by atomic mass is 10.2. The van der Waals surface area contributed by atoms with E-state index < -0.39 is 0 Å². The summed E-state index contributed by atoms with van der Waals surface area (Å²) in [7, 11) is 0. The van der Waals surface area contributed by atoms with Gasteiger partial charge in [0.05, 0.1) is 28.7 Å². The summed E-state index contributed by atoms with van der Waals surface area (Å²) in [5, 5.41) is 5.06. The monoisotopic (exact) mass is 416 g/mol. The second kappa shape index (κ2) is 8.43. The normalized spacial score (nSPS) is 10.9. The number of amides is 1. The van der Waals surface area contributed by atoms with Gasteiger partial charge in [0.1, 0.15) is 0 Å². The molecule has 0 unspecified atom stereocenters. The first kappa shape index (κ1) is 20.3. The van der Waals surface area contributed by atoms with Gasteiger partial charge in [-0.1, -0.05) is 42.5 Å². The number of anilines is 1. The molecule has 4 aromatic rings. The highest BCUT2D eigenvalue weighted by Gasteiger charge is 2.19. The minimum absolute atomic E-state index is 0.159. The van der Waals surface area contributed by atoms with E-state index in [1.807, 2.05) is 54.9 Å². The third kappa shape index (κ3) is 3.92. The van der Waals surface area contributed by atoms with Crippen molar-refractivity contribution in [2.75, 3.05) is 5.43 Å². The molecule has 0 atom stereocenters. The summed E-state index contributed by atoms with van der Waals surface area (Å²) in [5.41, 5.74) is 8.90. The summed E-state index contributed by atoms with van der Waals surface area (Å²) in [4.78, 5) is 30.2. The maximum atomic E-state index is 12.9. The predicted molar refractivity (Wildman–Crippen MR) is 120 cm³/mol. The van der Waals surface area contributed by atoms with Crippen molar-refractivity contribution in [3.63, 3.8) is 0 Å². The highest BCUT2D eigenvalue weighted by atomic mass is 16.2. The Morgan fingerprint density at radius 1 is 1.03 bits per heavy atom. The topological polar surface area (TPSA) is 93.8 Å². The number of aromatic nitrogens is 4. The summed E-state index contributed by atoms with van der Waals surface area (Å²) in [6.45, 7) is 6.53. The Morgan fingerprint density at radius 2 is 1.74 bits per heavy atom. The molecule has 2 heterocycles. The van der Waals surface area contributed by atoms with E-state index in [2.05, 4.69) is 20.9 Å². The number of rotatable bonds is 6. The molecule has 0 bridgehead atoms. The van der Waals surface area contributed by atoms with Gasteiger partial charge >= 0.3 is 0 Å². The van der Waals surface area contributed by atoms with Gasteiger partial charge < -0.3 is 0 Å². The molecule has 8 nitrogen and oxygen atoms in total. The van der Waals surface area contributed by atoms with Gasteiger partial charge in [0, 0.05) is 12.2 Å². The van der Waals surface area contributed by atoms with Gasteiger partial charge in [-0.25, -0.2) is 4.98 Å². The molecule has 0 aliphatic rings. The number of hydrogen-bond acceptors (Lipinski definition) is 5. The van der Waals surface area contributed by atoms with Crippen molar-refractivity contribution in [3.8, 4) is 0 Å². The van der Waals surface area contributed by atoms with Crippen LogP contribution in [0.25, 0.3) is 10.9 Å². The van der Waals surface area contributed by atoms with E-state index in [0.29, 0.717) is 35.2 Å². The molecule has 2 N–H and O–H groups in total. The van der Waals surface area contributed by atoms with Crippen molar-refractivity contribution in [2.24, 2.45) is 0 Å². The number of nitrogens with zero attached hydrogens (tertiary/aromatic N) is 4. The third-order valence-corrected chi connectivity index (χ3v) is 5.25. The maximum absolute atomic E-state index is 12.9. The Kier molecular flexibility index (Phi) is 5.53. The van der Waals surface area contributed by atoms with E-state index in [0.717, 1.165) is 11.3 Å². The Balaban J connectivity index is 1.58. The zero-order valence-corrected chi connectivity index (χ0v) is 17.7. The molecule has 158 valence electrons. The largest absolute Gasteiger partial charge is 0.277 e. The van der Waals surface area contributed by atoms with Gasteiger partial charge in [-0.2, -0.15) is 5.10 Å². The van der Waals surface area contributed by atoms with Gasteiger partial charge in [-0.3, -0.25) is 29.7 Å². The zero-order chi connectivity index (χ0) is 22.0. The minimum Gasteiger partial charge on any atom is -0.277 e. The van der Waals surface area contributed by atoms with Crippen molar-refractivity contribution < 1.29 is 4.79 Å². The van der Waals surface area contributed by atoms with Crippen LogP contribution in [0.4, 0.5) is 5.95 Å². The van der Waals surface area contributed by atoms with Crippen LogP contribution in [0.2, 0.25) is 0 Å². The van der Waals surface area contributed by atoms with E-state index in [1.54, 1.807) is 25.1 Å². The third-order valence-electron chi connectivity index (χ3n) is 5.25. The molecule has 2 aromatic heterocycles. The van der Waals surface area contributed by atoms with Crippen LogP contribution in [0.15, 0.2) is 59.4 Å². The number of fused-ring (bicyclic) bond motifs is 1. The first-order valence-electron chi connectivity index (χ1n) is 10.1. The molecule has 1 amide bonds. The first-order valence-corrected chi connectivity index (χ1v) is 10.1. The molecular weight excluding hydrogens is 392 g/mol. The van der Waals surface area contributed by atoms with Crippen LogP contribution in [-0.4, -0.2) is 25.2 Å². The summed E-state index contributed by atoms with van der Waals surface area (Å²) < 4.78 is 3.30. The quantitative estimate of drug-likeness (QED) is 0.471. The molecule has 0 aliphatic heterocycles. The van der Waals surface area contributed by atoms with Crippen LogP contribution in [-0.2, 0) is 13.1 Å². The van der Waals surface area contributed by atoms with Crippen molar-refractivity contribution in [1.29, 1.82) is 0 Å². The lowest BCUT2D eigenvalue weighted by Crippen LogP contribution is -2.34. The molecule has 2 aromatic carbocycles. The van der Waals surface area contributed by atoms with Crippen LogP contribution >= 0.6 is 0 Å². The molecule has 0 aliphatic carbocycles. The van der Waals surface area contributed by atoms with E-state index in [9.17, 15) is 9.59 Å². The summed E-state index contributed by atoms with van der Waals surface area (Å²) >= 11 is 0. The smallest absolute Gasteiger partial charge is 0.273 e. The number of hydrazine groups is 1. The fourth-order valence-electron chi connectivity index (χ4n) is 3.67. The van der Waals surface area contributed by atoms with Crippen molar-refractivity contribution in [3.05, 3.63) is 87.5 Å². The van der Waals surface area contributed by atoms with Gasteiger partial charge in [0.2, 0.25) is 5.95 Å². The van der Waals surface area contributed by atoms with E-state index in [4.69, 9.17) is 0 Å². The average molecular weight is 416 g/mol. The standard InChI is InChI=1S/C23H24N6O2/c1-4-28-22(31)18-12-8-9-13-19(18)24-23(28)26-25-21(30)20-15(2)27-29(16(20)3)14-17-10-6-5-7-11-17/h5-13H,4,14H2,1-3H3,(H,24,26)(H,25,30). The zero-order valence-electron chi connectivity index (χ0n) is 17.7. The van der Waals surface area contributed by atoms with Crippen LogP contribution < -0.4 is 16.4 Å². The number of benzene rings is 2. The average Bonchev–Trinajstić information content (AvgIpc) is 3.05. The number of carbonyl (C=O) groups excluding carboxylic acids is 1. The molecular formula is C23H24N6O2. The molecule has 0 saturated carbocycles. The molecule has 31 heavy (non-hydrogen) atoms. The van der Waals surface area contributed by atoms with Gasteiger partial charge in [-0.05, 0) is 38.5 Å². The highest BCUT2D eigenvalue weighted by Crippen LogP contribution is 2.15. The Bertz CT molecular complexity index is 1310. The molecule has 8 heteroatoms. The maximum Gasteiger partial charge on any atom is 0.273 e. The minimum atomic E-state index is -0.334. The molecule has 0 fully saturated rings. The van der Waals surface area contributed by atoms with Gasteiger partial charge in [-0.15, -0.1) is 0 Å². The predicted octanol–water partition coefficient (Wildman–Crippen LogP) is 3.03. The van der Waals surface area contributed by atoms with Crippen LogP contribution in [0.3, 0.4) is 0 Å². The van der Waals surface area contributed by atoms with E-state index in [-0.39, 0.29) is 17.4 Å².